The summed E-state index contributed by atoms with van der Waals surface area (Å²) in [6.45, 7) is 1.49. The van der Waals surface area contributed by atoms with Crippen molar-refractivity contribution in [2.24, 2.45) is 0 Å². The normalized spacial score (nSPS) is 12.3. The first kappa shape index (κ1) is 13.5. The van der Waals surface area contributed by atoms with Crippen molar-refractivity contribution in [3.8, 4) is 5.75 Å². The second kappa shape index (κ2) is 5.36. The van der Waals surface area contributed by atoms with Crippen molar-refractivity contribution >= 4 is 10.8 Å². The molecule has 2 rings (SSSR count). The zero-order valence-electron chi connectivity index (χ0n) is 10.1. The Balaban J connectivity index is 2.37. The van der Waals surface area contributed by atoms with Crippen LogP contribution in [-0.2, 0) is 16.6 Å². The molecular weight excluding hydrogens is 271 g/mol. The van der Waals surface area contributed by atoms with E-state index in [9.17, 15) is 18.5 Å². The molecule has 6 heteroatoms. The highest BCUT2D eigenvalue weighted by atomic mass is 32.2. The van der Waals surface area contributed by atoms with E-state index in [1.165, 1.54) is 31.2 Å². The summed E-state index contributed by atoms with van der Waals surface area (Å²) in [5.74, 6) is -0.891. The zero-order chi connectivity index (χ0) is 14.0. The highest BCUT2D eigenvalue weighted by molar-refractivity contribution is 7.84. The minimum absolute atomic E-state index is 0.200. The van der Waals surface area contributed by atoms with Crippen molar-refractivity contribution < 1.29 is 18.1 Å². The van der Waals surface area contributed by atoms with Crippen LogP contribution in [0.15, 0.2) is 44.4 Å². The first-order chi connectivity index (χ1) is 8.99. The maximum atomic E-state index is 13.4. The van der Waals surface area contributed by atoms with Gasteiger partial charge in [-0.1, -0.05) is 18.2 Å². The van der Waals surface area contributed by atoms with E-state index in [0.717, 1.165) is 0 Å². The highest BCUT2D eigenvalue weighted by Crippen LogP contribution is 2.21. The standard InChI is InChI=1S/C13H11FO4S/c1-8-6-11(15)12(13(16)18-8)19(17)7-9-4-2-3-5-10(9)14/h2-6,15H,7H2,1H3. The average Bonchev–Trinajstić information content (AvgIpc) is 2.30. The maximum Gasteiger partial charge on any atom is 0.356 e. The molecule has 0 spiro atoms. The second-order valence-electron chi connectivity index (χ2n) is 3.94. The Bertz CT molecular complexity index is 693. The van der Waals surface area contributed by atoms with Crippen molar-refractivity contribution in [2.75, 3.05) is 0 Å². The monoisotopic (exact) mass is 282 g/mol. The first-order valence-corrected chi connectivity index (χ1v) is 6.76. The first-order valence-electron chi connectivity index (χ1n) is 5.44. The lowest BCUT2D eigenvalue weighted by atomic mass is 10.2. The third-order valence-electron chi connectivity index (χ3n) is 2.48. The molecule has 19 heavy (non-hydrogen) atoms. The summed E-state index contributed by atoms with van der Waals surface area (Å²) in [6, 6.07) is 7.03. The molecule has 0 amide bonds. The van der Waals surface area contributed by atoms with Crippen LogP contribution >= 0.6 is 0 Å². The van der Waals surface area contributed by atoms with Gasteiger partial charge in [-0.25, -0.2) is 9.18 Å². The van der Waals surface area contributed by atoms with E-state index < -0.39 is 28.0 Å². The van der Waals surface area contributed by atoms with Gasteiger partial charge in [-0.3, -0.25) is 4.21 Å². The lowest BCUT2D eigenvalue weighted by Crippen LogP contribution is -2.12. The van der Waals surface area contributed by atoms with E-state index in [0.29, 0.717) is 0 Å². The van der Waals surface area contributed by atoms with Gasteiger partial charge in [0.1, 0.15) is 17.3 Å². The van der Waals surface area contributed by atoms with Gasteiger partial charge in [0.15, 0.2) is 4.90 Å². The SMILES string of the molecule is Cc1cc(O)c(S(=O)Cc2ccccc2F)c(=O)o1. The predicted molar refractivity (Wildman–Crippen MR) is 67.9 cm³/mol. The Hall–Kier alpha value is -1.95. The summed E-state index contributed by atoms with van der Waals surface area (Å²) in [7, 11) is -1.87. The van der Waals surface area contributed by atoms with E-state index in [1.807, 2.05) is 0 Å². The molecule has 1 heterocycles. The molecule has 0 aliphatic rings. The Morgan fingerprint density at radius 2 is 2.05 bits per heavy atom. The van der Waals surface area contributed by atoms with Gasteiger partial charge >= 0.3 is 5.63 Å². The average molecular weight is 282 g/mol. The van der Waals surface area contributed by atoms with Gasteiger partial charge in [0.25, 0.3) is 0 Å². The third kappa shape index (κ3) is 2.90. The minimum atomic E-state index is -1.87. The molecule has 0 radical (unpaired) electrons. The lowest BCUT2D eigenvalue weighted by Gasteiger charge is -2.05. The fourth-order valence-corrected chi connectivity index (χ4v) is 2.80. The predicted octanol–water partition coefficient (Wildman–Crippen LogP) is 2.10. The number of aryl methyl sites for hydroxylation is 1. The van der Waals surface area contributed by atoms with Gasteiger partial charge in [-0.2, -0.15) is 0 Å². The summed E-state index contributed by atoms with van der Waals surface area (Å²) >= 11 is 0. The molecule has 1 atom stereocenters. The molecule has 0 aliphatic heterocycles. The number of hydrogen-bond donors (Lipinski definition) is 1. The molecule has 4 nitrogen and oxygen atoms in total. The fourth-order valence-electron chi connectivity index (χ4n) is 1.62. The van der Waals surface area contributed by atoms with Crippen LogP contribution in [-0.4, -0.2) is 9.32 Å². The van der Waals surface area contributed by atoms with Crippen LogP contribution < -0.4 is 5.63 Å². The van der Waals surface area contributed by atoms with Gasteiger partial charge in [-0.15, -0.1) is 0 Å². The van der Waals surface area contributed by atoms with Crippen LogP contribution in [0.5, 0.6) is 5.75 Å². The van der Waals surface area contributed by atoms with E-state index in [4.69, 9.17) is 4.42 Å². The number of aromatic hydroxyl groups is 1. The Morgan fingerprint density at radius 1 is 1.37 bits per heavy atom. The Kier molecular flexibility index (Phi) is 3.80. The van der Waals surface area contributed by atoms with Crippen LogP contribution in [0.4, 0.5) is 4.39 Å². The molecule has 100 valence electrons. The van der Waals surface area contributed by atoms with Crippen molar-refractivity contribution in [1.29, 1.82) is 0 Å². The molecule has 2 aromatic rings. The second-order valence-corrected chi connectivity index (χ2v) is 5.33. The maximum absolute atomic E-state index is 13.4. The van der Waals surface area contributed by atoms with Crippen LogP contribution in [0.1, 0.15) is 11.3 Å². The number of benzene rings is 1. The molecule has 0 fully saturated rings. The Morgan fingerprint density at radius 3 is 2.68 bits per heavy atom. The summed E-state index contributed by atoms with van der Waals surface area (Å²) in [5.41, 5.74) is -0.660. The zero-order valence-corrected chi connectivity index (χ0v) is 10.9. The number of halogens is 1. The van der Waals surface area contributed by atoms with Gasteiger partial charge < -0.3 is 9.52 Å². The number of hydrogen-bond acceptors (Lipinski definition) is 4. The van der Waals surface area contributed by atoms with Crippen molar-refractivity contribution in [3.05, 3.63) is 57.9 Å². The molecule has 1 aromatic carbocycles. The summed E-state index contributed by atoms with van der Waals surface area (Å²) in [4.78, 5) is 11.2. The van der Waals surface area contributed by atoms with E-state index >= 15 is 0 Å². The molecule has 1 aromatic heterocycles. The van der Waals surface area contributed by atoms with Gasteiger partial charge in [0.2, 0.25) is 0 Å². The van der Waals surface area contributed by atoms with E-state index in [2.05, 4.69) is 0 Å². The lowest BCUT2D eigenvalue weighted by molar-refractivity contribution is 0.410. The summed E-state index contributed by atoms with van der Waals surface area (Å²) in [6.07, 6.45) is 0. The fraction of sp³-hybridized carbons (Fsp3) is 0.154. The van der Waals surface area contributed by atoms with Gasteiger partial charge in [-0.05, 0) is 13.0 Å². The summed E-state index contributed by atoms with van der Waals surface area (Å²) < 4.78 is 30.3. The molecule has 0 saturated carbocycles. The van der Waals surface area contributed by atoms with E-state index in [1.54, 1.807) is 6.07 Å². The molecule has 1 unspecified atom stereocenters. The van der Waals surface area contributed by atoms with Crippen molar-refractivity contribution in [3.63, 3.8) is 0 Å². The van der Waals surface area contributed by atoms with Crippen LogP contribution in [0.2, 0.25) is 0 Å². The highest BCUT2D eigenvalue weighted by Gasteiger charge is 2.18. The molecule has 1 N–H and O–H groups in total. The quantitative estimate of drug-likeness (QED) is 0.936. The topological polar surface area (TPSA) is 67.5 Å². The van der Waals surface area contributed by atoms with E-state index in [-0.39, 0.29) is 22.0 Å². The smallest absolute Gasteiger partial charge is 0.356 e. The largest absolute Gasteiger partial charge is 0.506 e. The summed E-state index contributed by atoms with van der Waals surface area (Å²) in [5, 5.41) is 9.64. The van der Waals surface area contributed by atoms with Crippen molar-refractivity contribution in [1.82, 2.24) is 0 Å². The van der Waals surface area contributed by atoms with Crippen LogP contribution in [0.25, 0.3) is 0 Å². The molecule has 0 bridgehead atoms. The van der Waals surface area contributed by atoms with Gasteiger partial charge in [0.05, 0.1) is 16.6 Å². The number of rotatable bonds is 3. The van der Waals surface area contributed by atoms with Crippen LogP contribution in [0, 0.1) is 12.7 Å². The van der Waals surface area contributed by atoms with Gasteiger partial charge in [0, 0.05) is 11.6 Å². The molecule has 0 aliphatic carbocycles. The van der Waals surface area contributed by atoms with Crippen molar-refractivity contribution in [2.45, 2.75) is 17.6 Å². The molecule has 0 saturated heterocycles. The Labute approximate surface area is 111 Å². The molecular formula is C13H11FO4S. The van der Waals surface area contributed by atoms with Crippen LogP contribution in [0.3, 0.4) is 0 Å². The third-order valence-corrected chi connectivity index (χ3v) is 3.89. The minimum Gasteiger partial charge on any atom is -0.506 e.